The zero-order valence-electron chi connectivity index (χ0n) is 9.20. The molecule has 0 aromatic carbocycles. The van der Waals surface area contributed by atoms with E-state index in [2.05, 4.69) is 28.2 Å². The number of carbonyl (C=O) groups excluding carboxylic acids is 1. The van der Waals surface area contributed by atoms with E-state index in [1.54, 1.807) is 12.1 Å². The molecule has 16 heavy (non-hydrogen) atoms. The fourth-order valence-electron chi connectivity index (χ4n) is 1.94. The number of hydrogen-bond donors (Lipinski definition) is 1. The number of hydrogen-bond acceptors (Lipinski definition) is 2. The zero-order chi connectivity index (χ0) is 11.5. The van der Waals surface area contributed by atoms with Crippen LogP contribution in [0.15, 0.2) is 21.2 Å². The van der Waals surface area contributed by atoms with Crippen LogP contribution in [-0.4, -0.2) is 24.0 Å². The van der Waals surface area contributed by atoms with Gasteiger partial charge < -0.3 is 9.32 Å². The van der Waals surface area contributed by atoms with Gasteiger partial charge in [0.05, 0.1) is 0 Å². The lowest BCUT2D eigenvalue weighted by molar-refractivity contribution is 0.181. The maximum absolute atomic E-state index is 11.9. The summed E-state index contributed by atoms with van der Waals surface area (Å²) in [5.41, 5.74) is 0. The lowest BCUT2D eigenvalue weighted by Gasteiger charge is -2.30. The maximum atomic E-state index is 11.9. The predicted molar refractivity (Wildman–Crippen MR) is 65.4 cm³/mol. The highest BCUT2D eigenvalue weighted by Crippen LogP contribution is 2.20. The third kappa shape index (κ3) is 2.78. The van der Waals surface area contributed by atoms with E-state index < -0.39 is 0 Å². The highest BCUT2D eigenvalue weighted by atomic mass is 79.9. The number of piperidine rings is 1. The van der Waals surface area contributed by atoms with Crippen molar-refractivity contribution in [2.45, 2.75) is 19.8 Å². The van der Waals surface area contributed by atoms with Crippen molar-refractivity contribution in [2.75, 3.05) is 18.4 Å². The van der Waals surface area contributed by atoms with E-state index in [1.165, 1.54) is 6.42 Å². The first-order valence-electron chi connectivity index (χ1n) is 5.46. The second-order valence-corrected chi connectivity index (χ2v) is 5.01. The van der Waals surface area contributed by atoms with E-state index in [4.69, 9.17) is 4.42 Å². The number of rotatable bonds is 1. The minimum atomic E-state index is -0.0756. The van der Waals surface area contributed by atoms with E-state index in [-0.39, 0.29) is 6.03 Å². The van der Waals surface area contributed by atoms with Gasteiger partial charge in [-0.05, 0) is 40.8 Å². The number of nitrogens with zero attached hydrogens (tertiary/aromatic N) is 1. The SMILES string of the molecule is CC1CCCN(C(=O)Nc2ccc(Br)o2)C1. The molecule has 5 heteroatoms. The minimum Gasteiger partial charge on any atom is -0.434 e. The quantitative estimate of drug-likeness (QED) is 0.861. The summed E-state index contributed by atoms with van der Waals surface area (Å²) in [5, 5.41) is 2.74. The summed E-state index contributed by atoms with van der Waals surface area (Å²) in [7, 11) is 0. The molecule has 1 unspecified atom stereocenters. The molecule has 1 fully saturated rings. The topological polar surface area (TPSA) is 45.5 Å². The molecular weight excluding hydrogens is 272 g/mol. The molecule has 1 aromatic heterocycles. The van der Waals surface area contributed by atoms with Crippen LogP contribution < -0.4 is 5.32 Å². The van der Waals surface area contributed by atoms with Crippen LogP contribution >= 0.6 is 15.9 Å². The summed E-state index contributed by atoms with van der Waals surface area (Å²) in [6, 6.07) is 3.41. The Morgan fingerprint density at radius 3 is 3.06 bits per heavy atom. The van der Waals surface area contributed by atoms with Gasteiger partial charge in [-0.2, -0.15) is 0 Å². The van der Waals surface area contributed by atoms with Gasteiger partial charge in [0.1, 0.15) is 0 Å². The molecule has 1 atom stereocenters. The van der Waals surface area contributed by atoms with Crippen molar-refractivity contribution < 1.29 is 9.21 Å². The zero-order valence-corrected chi connectivity index (χ0v) is 10.8. The molecule has 1 aromatic rings. The Hall–Kier alpha value is -0.970. The Morgan fingerprint density at radius 2 is 2.44 bits per heavy atom. The van der Waals surface area contributed by atoms with Gasteiger partial charge in [-0.25, -0.2) is 4.79 Å². The van der Waals surface area contributed by atoms with Crippen LogP contribution in [0.1, 0.15) is 19.8 Å². The molecule has 1 saturated heterocycles. The third-order valence-corrected chi connectivity index (χ3v) is 3.17. The van der Waals surface area contributed by atoms with Crippen LogP contribution in [-0.2, 0) is 0 Å². The van der Waals surface area contributed by atoms with Gasteiger partial charge in [0.2, 0.25) is 5.88 Å². The van der Waals surface area contributed by atoms with Crippen molar-refractivity contribution in [3.8, 4) is 0 Å². The highest BCUT2D eigenvalue weighted by molar-refractivity contribution is 9.10. The van der Waals surface area contributed by atoms with Gasteiger partial charge in [-0.3, -0.25) is 5.32 Å². The van der Waals surface area contributed by atoms with Crippen LogP contribution in [0, 0.1) is 5.92 Å². The van der Waals surface area contributed by atoms with Gasteiger partial charge >= 0.3 is 6.03 Å². The van der Waals surface area contributed by atoms with Crippen molar-refractivity contribution in [1.29, 1.82) is 0 Å². The molecule has 4 nitrogen and oxygen atoms in total. The number of urea groups is 1. The van der Waals surface area contributed by atoms with Crippen molar-refractivity contribution in [1.82, 2.24) is 4.90 Å². The molecule has 88 valence electrons. The number of furan rings is 1. The Balaban J connectivity index is 1.92. The Bertz CT molecular complexity index is 378. The lowest BCUT2D eigenvalue weighted by Crippen LogP contribution is -2.41. The van der Waals surface area contributed by atoms with Gasteiger partial charge in [0.15, 0.2) is 4.67 Å². The monoisotopic (exact) mass is 286 g/mol. The first-order chi connectivity index (χ1) is 7.65. The number of nitrogens with one attached hydrogen (secondary N) is 1. The van der Waals surface area contributed by atoms with Crippen molar-refractivity contribution in [2.24, 2.45) is 5.92 Å². The smallest absolute Gasteiger partial charge is 0.324 e. The summed E-state index contributed by atoms with van der Waals surface area (Å²) in [4.78, 5) is 13.7. The second kappa shape index (κ2) is 4.91. The minimum absolute atomic E-state index is 0.0756. The summed E-state index contributed by atoms with van der Waals surface area (Å²) in [6.45, 7) is 3.83. The molecule has 0 saturated carbocycles. The number of anilines is 1. The van der Waals surface area contributed by atoms with Crippen LogP contribution in [0.5, 0.6) is 0 Å². The van der Waals surface area contributed by atoms with Gasteiger partial charge in [0.25, 0.3) is 0 Å². The van der Waals surface area contributed by atoms with E-state index in [0.717, 1.165) is 19.5 Å². The average Bonchev–Trinajstić information content (AvgIpc) is 2.64. The van der Waals surface area contributed by atoms with Crippen LogP contribution in [0.25, 0.3) is 0 Å². The first-order valence-corrected chi connectivity index (χ1v) is 6.25. The summed E-state index contributed by atoms with van der Waals surface area (Å²) < 4.78 is 5.85. The van der Waals surface area contributed by atoms with E-state index in [9.17, 15) is 4.79 Å². The normalized spacial score (nSPS) is 20.9. The second-order valence-electron chi connectivity index (χ2n) is 4.23. The third-order valence-electron chi connectivity index (χ3n) is 2.75. The molecule has 0 spiro atoms. The average molecular weight is 287 g/mol. The molecule has 2 rings (SSSR count). The summed E-state index contributed by atoms with van der Waals surface area (Å²) in [5.74, 6) is 1.07. The van der Waals surface area contributed by atoms with Crippen LogP contribution in [0.4, 0.5) is 10.7 Å². The molecule has 1 N–H and O–H groups in total. The van der Waals surface area contributed by atoms with E-state index in [0.29, 0.717) is 16.5 Å². The molecule has 0 bridgehead atoms. The van der Waals surface area contributed by atoms with Crippen molar-refractivity contribution in [3.63, 3.8) is 0 Å². The van der Waals surface area contributed by atoms with Gasteiger partial charge in [0, 0.05) is 19.2 Å². The number of carbonyl (C=O) groups is 1. The fourth-order valence-corrected chi connectivity index (χ4v) is 2.25. The van der Waals surface area contributed by atoms with Crippen LogP contribution in [0.3, 0.4) is 0 Å². The maximum Gasteiger partial charge on any atom is 0.324 e. The molecular formula is C11H15BrN2O2. The predicted octanol–water partition coefficient (Wildman–Crippen LogP) is 3.31. The van der Waals surface area contributed by atoms with E-state index in [1.807, 2.05) is 4.90 Å². The highest BCUT2D eigenvalue weighted by Gasteiger charge is 2.21. The Kier molecular flexibility index (Phi) is 3.53. The molecule has 0 aliphatic carbocycles. The van der Waals surface area contributed by atoms with E-state index >= 15 is 0 Å². The summed E-state index contributed by atoms with van der Waals surface area (Å²) >= 11 is 3.20. The first kappa shape index (κ1) is 11.5. The Morgan fingerprint density at radius 1 is 1.62 bits per heavy atom. The molecule has 0 radical (unpaired) electrons. The summed E-state index contributed by atoms with van der Waals surface area (Å²) in [6.07, 6.45) is 2.28. The molecule has 2 amide bonds. The Labute approximate surface area is 103 Å². The number of amides is 2. The molecule has 1 aliphatic rings. The number of halogens is 1. The fraction of sp³-hybridized carbons (Fsp3) is 0.545. The molecule has 2 heterocycles. The van der Waals surface area contributed by atoms with Crippen molar-refractivity contribution >= 4 is 27.8 Å². The van der Waals surface area contributed by atoms with Crippen molar-refractivity contribution in [3.05, 3.63) is 16.8 Å². The van der Waals surface area contributed by atoms with Gasteiger partial charge in [-0.15, -0.1) is 0 Å². The standard InChI is InChI=1S/C11H15BrN2O2/c1-8-3-2-6-14(7-8)11(15)13-10-5-4-9(12)16-10/h4-5,8H,2-3,6-7H2,1H3,(H,13,15). The van der Waals surface area contributed by atoms with Crippen LogP contribution in [0.2, 0.25) is 0 Å². The largest absolute Gasteiger partial charge is 0.434 e. The lowest BCUT2D eigenvalue weighted by atomic mass is 10.0. The van der Waals surface area contributed by atoms with Gasteiger partial charge in [-0.1, -0.05) is 6.92 Å². The number of likely N-dealkylation sites (tertiary alicyclic amines) is 1. The molecule has 1 aliphatic heterocycles.